The molecule has 1 N–H and O–H groups in total. The summed E-state index contributed by atoms with van der Waals surface area (Å²) in [6, 6.07) is 15.3. The first kappa shape index (κ1) is 18.8. The lowest BCUT2D eigenvalue weighted by Crippen LogP contribution is -2.51. The van der Waals surface area contributed by atoms with Crippen molar-refractivity contribution in [3.8, 4) is 5.75 Å². The summed E-state index contributed by atoms with van der Waals surface area (Å²) in [4.78, 5) is 19.7. The molecule has 1 fully saturated rings. The van der Waals surface area contributed by atoms with Crippen molar-refractivity contribution < 1.29 is 14.6 Å². The van der Waals surface area contributed by atoms with E-state index in [1.54, 1.807) is 29.1 Å². The highest BCUT2D eigenvalue weighted by Crippen LogP contribution is 2.28. The number of piperidine rings is 1. The van der Waals surface area contributed by atoms with Gasteiger partial charge in [0.25, 0.3) is 5.91 Å². The zero-order valence-electron chi connectivity index (χ0n) is 15.6. The minimum absolute atomic E-state index is 0.0543. The molecule has 0 radical (unpaired) electrons. The van der Waals surface area contributed by atoms with E-state index in [1.165, 1.54) is 0 Å². The third kappa shape index (κ3) is 3.84. The Balaban J connectivity index is 1.44. The molecule has 6 heteroatoms. The molecule has 2 atom stereocenters. The first-order valence-electron chi connectivity index (χ1n) is 9.26. The van der Waals surface area contributed by atoms with Crippen LogP contribution < -0.4 is 4.74 Å². The minimum Gasteiger partial charge on any atom is -0.487 e. The van der Waals surface area contributed by atoms with Gasteiger partial charge in [-0.2, -0.15) is 0 Å². The number of amides is 1. The summed E-state index contributed by atoms with van der Waals surface area (Å²) in [6.45, 7) is 0.817. The molecule has 1 saturated heterocycles. The zero-order valence-corrected chi connectivity index (χ0v) is 16.4. The van der Waals surface area contributed by atoms with Crippen molar-refractivity contribution in [2.45, 2.75) is 23.5 Å². The molecule has 4 rings (SSSR count). The standard InChI is InChI=1S/C22H22N2O3S/c1-28-17-7-5-15(6-8-17)22(26)24-12-10-21(19(25)14-24)27-20-4-2-3-16-13-23-11-9-18(16)20/h2-9,11,13,19,21,25H,10,12,14H2,1H3/t19-,21-/m1/s1. The van der Waals surface area contributed by atoms with Crippen LogP contribution in [0.15, 0.2) is 65.8 Å². The van der Waals surface area contributed by atoms with Crippen LogP contribution in [0.4, 0.5) is 0 Å². The fourth-order valence-electron chi connectivity index (χ4n) is 3.51. The molecule has 1 aromatic heterocycles. The molecule has 1 amide bonds. The molecule has 1 aliphatic heterocycles. The zero-order chi connectivity index (χ0) is 19.5. The van der Waals surface area contributed by atoms with E-state index < -0.39 is 6.10 Å². The maximum Gasteiger partial charge on any atom is 0.253 e. The molecule has 1 aliphatic rings. The lowest BCUT2D eigenvalue weighted by molar-refractivity contribution is -0.0193. The number of aliphatic hydroxyl groups excluding tert-OH is 1. The summed E-state index contributed by atoms with van der Waals surface area (Å²) < 4.78 is 6.13. The van der Waals surface area contributed by atoms with E-state index in [9.17, 15) is 9.90 Å². The number of carbonyl (C=O) groups is 1. The maximum absolute atomic E-state index is 12.7. The van der Waals surface area contributed by atoms with Crippen molar-refractivity contribution in [1.29, 1.82) is 0 Å². The van der Waals surface area contributed by atoms with E-state index in [2.05, 4.69) is 4.98 Å². The highest BCUT2D eigenvalue weighted by molar-refractivity contribution is 7.98. The van der Waals surface area contributed by atoms with Crippen LogP contribution in [0.1, 0.15) is 16.8 Å². The van der Waals surface area contributed by atoms with Gasteiger partial charge in [-0.3, -0.25) is 9.78 Å². The molecule has 28 heavy (non-hydrogen) atoms. The maximum atomic E-state index is 12.7. The normalized spacial score (nSPS) is 19.6. The summed E-state index contributed by atoms with van der Waals surface area (Å²) in [7, 11) is 0. The Kier molecular flexibility index (Phi) is 5.50. The van der Waals surface area contributed by atoms with Gasteiger partial charge in [-0.15, -0.1) is 11.8 Å². The Labute approximate surface area is 168 Å². The predicted molar refractivity (Wildman–Crippen MR) is 111 cm³/mol. The number of thioether (sulfide) groups is 1. The molecule has 0 spiro atoms. The summed E-state index contributed by atoms with van der Waals surface area (Å²) >= 11 is 1.64. The van der Waals surface area contributed by atoms with Gasteiger partial charge in [0.2, 0.25) is 0 Å². The van der Waals surface area contributed by atoms with Gasteiger partial charge in [-0.1, -0.05) is 12.1 Å². The number of aliphatic hydroxyl groups is 1. The van der Waals surface area contributed by atoms with Gasteiger partial charge < -0.3 is 14.7 Å². The van der Waals surface area contributed by atoms with Gasteiger partial charge >= 0.3 is 0 Å². The van der Waals surface area contributed by atoms with Crippen molar-refractivity contribution in [2.75, 3.05) is 19.3 Å². The number of benzene rings is 2. The largest absolute Gasteiger partial charge is 0.487 e. The molecule has 0 unspecified atom stereocenters. The van der Waals surface area contributed by atoms with Crippen LogP contribution >= 0.6 is 11.8 Å². The number of hydrogen-bond donors (Lipinski definition) is 1. The minimum atomic E-state index is -0.736. The molecule has 0 bridgehead atoms. The van der Waals surface area contributed by atoms with E-state index in [0.29, 0.717) is 18.5 Å². The molecule has 3 aromatic rings. The van der Waals surface area contributed by atoms with Crippen LogP contribution in [0, 0.1) is 0 Å². The SMILES string of the molecule is CSc1ccc(C(=O)N2CC[C@@H](Oc3cccc4cnccc34)[C@H](O)C2)cc1. The van der Waals surface area contributed by atoms with Crippen LogP contribution in [0.5, 0.6) is 5.75 Å². The van der Waals surface area contributed by atoms with Crippen molar-refractivity contribution in [3.05, 3.63) is 66.5 Å². The summed E-state index contributed by atoms with van der Waals surface area (Å²) in [5.74, 6) is 0.678. The van der Waals surface area contributed by atoms with E-state index in [-0.39, 0.29) is 18.6 Å². The molecular formula is C22H22N2O3S. The lowest BCUT2D eigenvalue weighted by atomic mass is 10.0. The Hall–Kier alpha value is -2.57. The number of rotatable bonds is 4. The number of likely N-dealkylation sites (tertiary alicyclic amines) is 1. The number of aromatic nitrogens is 1. The topological polar surface area (TPSA) is 62.7 Å². The number of hydrogen-bond acceptors (Lipinski definition) is 5. The van der Waals surface area contributed by atoms with E-state index >= 15 is 0 Å². The number of nitrogens with zero attached hydrogens (tertiary/aromatic N) is 2. The second-order valence-electron chi connectivity index (χ2n) is 6.84. The fourth-order valence-corrected chi connectivity index (χ4v) is 3.92. The van der Waals surface area contributed by atoms with Gasteiger partial charge in [-0.25, -0.2) is 0 Å². The number of carbonyl (C=O) groups excluding carboxylic acids is 1. The van der Waals surface area contributed by atoms with E-state index in [0.717, 1.165) is 21.4 Å². The first-order chi connectivity index (χ1) is 13.7. The molecule has 5 nitrogen and oxygen atoms in total. The third-order valence-electron chi connectivity index (χ3n) is 5.06. The molecule has 2 aromatic carbocycles. The lowest BCUT2D eigenvalue weighted by Gasteiger charge is -2.36. The monoisotopic (exact) mass is 394 g/mol. The summed E-state index contributed by atoms with van der Waals surface area (Å²) in [6.07, 6.45) is 5.03. The van der Waals surface area contributed by atoms with Gasteiger partial charge in [0.15, 0.2) is 0 Å². The Morgan fingerprint density at radius 1 is 1.21 bits per heavy atom. The Morgan fingerprint density at radius 2 is 2.04 bits per heavy atom. The van der Waals surface area contributed by atoms with Crippen molar-refractivity contribution >= 4 is 28.4 Å². The van der Waals surface area contributed by atoms with Crippen molar-refractivity contribution in [1.82, 2.24) is 9.88 Å². The highest BCUT2D eigenvalue weighted by atomic mass is 32.2. The highest BCUT2D eigenvalue weighted by Gasteiger charge is 2.32. The smallest absolute Gasteiger partial charge is 0.253 e. The van der Waals surface area contributed by atoms with Crippen LogP contribution in [0.25, 0.3) is 10.8 Å². The Morgan fingerprint density at radius 3 is 2.79 bits per heavy atom. The number of ether oxygens (including phenoxy) is 1. The Bertz CT molecular complexity index is 972. The first-order valence-corrected chi connectivity index (χ1v) is 10.5. The van der Waals surface area contributed by atoms with Gasteiger partial charge in [-0.05, 0) is 42.7 Å². The van der Waals surface area contributed by atoms with Crippen LogP contribution in [0.2, 0.25) is 0 Å². The predicted octanol–water partition coefficient (Wildman–Crippen LogP) is 3.61. The molecule has 0 saturated carbocycles. The average molecular weight is 394 g/mol. The van der Waals surface area contributed by atoms with E-state index in [4.69, 9.17) is 4.74 Å². The molecular weight excluding hydrogens is 372 g/mol. The summed E-state index contributed by atoms with van der Waals surface area (Å²) in [5.41, 5.74) is 0.644. The average Bonchev–Trinajstić information content (AvgIpc) is 2.75. The number of pyridine rings is 1. The quantitative estimate of drug-likeness (QED) is 0.685. The summed E-state index contributed by atoms with van der Waals surface area (Å²) in [5, 5.41) is 12.6. The molecule has 144 valence electrons. The molecule has 2 heterocycles. The van der Waals surface area contributed by atoms with E-state index in [1.807, 2.05) is 54.8 Å². The molecule has 0 aliphatic carbocycles. The number of fused-ring (bicyclic) bond motifs is 1. The second-order valence-corrected chi connectivity index (χ2v) is 7.72. The van der Waals surface area contributed by atoms with Crippen LogP contribution in [0.3, 0.4) is 0 Å². The second kappa shape index (κ2) is 8.20. The van der Waals surface area contributed by atoms with Crippen LogP contribution in [-0.4, -0.2) is 52.5 Å². The third-order valence-corrected chi connectivity index (χ3v) is 5.81. The fraction of sp³-hybridized carbons (Fsp3) is 0.273. The van der Waals surface area contributed by atoms with Crippen molar-refractivity contribution in [2.24, 2.45) is 0 Å². The van der Waals surface area contributed by atoms with Gasteiger partial charge in [0.1, 0.15) is 18.0 Å². The van der Waals surface area contributed by atoms with Gasteiger partial charge in [0.05, 0.1) is 6.54 Å². The number of β-amino-alcohol motifs (C(OH)–C–C–N with tert-alkyl or cyclic N) is 1. The van der Waals surface area contributed by atoms with Gasteiger partial charge in [0, 0.05) is 46.6 Å². The van der Waals surface area contributed by atoms with Crippen molar-refractivity contribution in [3.63, 3.8) is 0 Å². The van der Waals surface area contributed by atoms with Crippen LogP contribution in [-0.2, 0) is 0 Å².